The van der Waals surface area contributed by atoms with Gasteiger partial charge in [-0.25, -0.2) is 0 Å². The molecule has 2 saturated heterocycles. The van der Waals surface area contributed by atoms with Gasteiger partial charge in [-0.3, -0.25) is 4.98 Å². The molecule has 2 fully saturated rings. The minimum absolute atomic E-state index is 0.0111. The van der Waals surface area contributed by atoms with Crippen molar-refractivity contribution < 1.29 is 9.47 Å². The lowest BCUT2D eigenvalue weighted by Gasteiger charge is -2.46. The van der Waals surface area contributed by atoms with Gasteiger partial charge in [0.1, 0.15) is 0 Å². The Bertz CT molecular complexity index is 455. The summed E-state index contributed by atoms with van der Waals surface area (Å²) in [6, 6.07) is 2.45. The molecule has 3 rings (SSSR count). The fourth-order valence-electron chi connectivity index (χ4n) is 3.34. The topological polar surface area (TPSA) is 60.6 Å². The maximum atomic E-state index is 6.10. The number of ether oxygens (including phenoxy) is 2. The van der Waals surface area contributed by atoms with Crippen molar-refractivity contribution in [2.75, 3.05) is 37.5 Å². The second-order valence-corrected chi connectivity index (χ2v) is 5.84. The highest BCUT2D eigenvalue weighted by Crippen LogP contribution is 2.37. The quantitative estimate of drug-likeness (QED) is 0.893. The van der Waals surface area contributed by atoms with Crippen molar-refractivity contribution in [3.63, 3.8) is 0 Å². The first-order valence-electron chi connectivity index (χ1n) is 7.34. The molecule has 1 atom stereocenters. The Morgan fingerprint density at radius 2 is 2.15 bits per heavy atom. The summed E-state index contributed by atoms with van der Waals surface area (Å²) in [4.78, 5) is 6.35. The van der Waals surface area contributed by atoms with Crippen LogP contribution in [0.4, 0.5) is 11.4 Å². The Hall–Kier alpha value is -1.33. The van der Waals surface area contributed by atoms with Crippen LogP contribution in [0, 0.1) is 0 Å². The fourth-order valence-corrected chi connectivity index (χ4v) is 3.34. The maximum Gasteiger partial charge on any atom is 0.0745 e. The Labute approximate surface area is 120 Å². The lowest BCUT2D eigenvalue weighted by atomic mass is 9.83. The zero-order valence-corrected chi connectivity index (χ0v) is 12.0. The number of nitrogen functional groups attached to an aromatic ring is 1. The number of rotatable bonds is 2. The van der Waals surface area contributed by atoms with Crippen molar-refractivity contribution in [3.05, 3.63) is 18.5 Å². The fraction of sp³-hybridized carbons (Fsp3) is 0.667. The monoisotopic (exact) mass is 277 g/mol. The van der Waals surface area contributed by atoms with Crippen LogP contribution >= 0.6 is 0 Å². The summed E-state index contributed by atoms with van der Waals surface area (Å²) in [7, 11) is 2.12. The zero-order chi connectivity index (χ0) is 14.0. The number of hydrogen-bond donors (Lipinski definition) is 1. The van der Waals surface area contributed by atoms with E-state index in [1.165, 1.54) is 0 Å². The molecule has 5 heteroatoms. The molecule has 20 heavy (non-hydrogen) atoms. The van der Waals surface area contributed by atoms with Gasteiger partial charge in [-0.2, -0.15) is 0 Å². The first-order valence-corrected chi connectivity index (χ1v) is 7.34. The van der Waals surface area contributed by atoms with E-state index in [0.717, 1.165) is 56.9 Å². The molecule has 2 aliphatic heterocycles. The lowest BCUT2D eigenvalue weighted by molar-refractivity contribution is -0.137. The van der Waals surface area contributed by atoms with E-state index in [9.17, 15) is 0 Å². The zero-order valence-electron chi connectivity index (χ0n) is 12.0. The molecule has 0 amide bonds. The summed E-state index contributed by atoms with van der Waals surface area (Å²) in [5.74, 6) is 0. The number of pyridine rings is 1. The molecule has 0 aliphatic carbocycles. The number of nitrogens with two attached hydrogens (primary N) is 1. The summed E-state index contributed by atoms with van der Waals surface area (Å²) in [5, 5.41) is 0. The molecule has 1 aromatic heterocycles. The molecule has 5 nitrogen and oxygen atoms in total. The second-order valence-electron chi connectivity index (χ2n) is 5.84. The maximum absolute atomic E-state index is 6.10. The van der Waals surface area contributed by atoms with Gasteiger partial charge in [-0.1, -0.05) is 0 Å². The Balaban J connectivity index is 1.75. The van der Waals surface area contributed by atoms with E-state index in [1.807, 2.05) is 6.07 Å². The van der Waals surface area contributed by atoms with Crippen LogP contribution in [0.1, 0.15) is 25.7 Å². The van der Waals surface area contributed by atoms with Crippen LogP contribution in [-0.4, -0.2) is 43.5 Å². The minimum Gasteiger partial charge on any atom is -0.396 e. The standard InChI is InChI=1S/C15H23N3O2/c1-18(14-2-6-17-11-13(14)16)12-3-7-20-15(10-12)4-8-19-9-5-15/h2,6,11-12H,3-5,7-10,16H2,1H3. The average Bonchev–Trinajstić information content (AvgIpc) is 2.48. The van der Waals surface area contributed by atoms with Gasteiger partial charge in [0.15, 0.2) is 0 Å². The van der Waals surface area contributed by atoms with Crippen LogP contribution in [0.15, 0.2) is 18.5 Å². The third-order valence-electron chi connectivity index (χ3n) is 4.63. The molecule has 3 heterocycles. The van der Waals surface area contributed by atoms with Gasteiger partial charge < -0.3 is 20.1 Å². The van der Waals surface area contributed by atoms with Crippen LogP contribution in [-0.2, 0) is 9.47 Å². The average molecular weight is 277 g/mol. The molecule has 0 radical (unpaired) electrons. The van der Waals surface area contributed by atoms with Gasteiger partial charge in [0, 0.05) is 39.1 Å². The van der Waals surface area contributed by atoms with Crippen LogP contribution in [0.5, 0.6) is 0 Å². The lowest BCUT2D eigenvalue weighted by Crippen LogP contribution is -2.50. The van der Waals surface area contributed by atoms with E-state index < -0.39 is 0 Å². The highest BCUT2D eigenvalue weighted by Gasteiger charge is 2.40. The van der Waals surface area contributed by atoms with Crippen molar-refractivity contribution in [1.82, 2.24) is 4.98 Å². The third kappa shape index (κ3) is 2.60. The molecule has 1 unspecified atom stereocenters. The van der Waals surface area contributed by atoms with Crippen molar-refractivity contribution in [3.8, 4) is 0 Å². The smallest absolute Gasteiger partial charge is 0.0745 e. The number of nitrogens with zero attached hydrogens (tertiary/aromatic N) is 2. The van der Waals surface area contributed by atoms with E-state index in [4.69, 9.17) is 15.2 Å². The minimum atomic E-state index is 0.0111. The van der Waals surface area contributed by atoms with Gasteiger partial charge in [-0.05, 0) is 31.7 Å². The molecule has 2 aliphatic rings. The number of anilines is 2. The molecule has 0 aromatic carbocycles. The number of hydrogen-bond acceptors (Lipinski definition) is 5. The Morgan fingerprint density at radius 1 is 1.35 bits per heavy atom. The van der Waals surface area contributed by atoms with E-state index >= 15 is 0 Å². The SMILES string of the molecule is CN(c1ccncc1N)C1CCOC2(CCOCC2)C1. The van der Waals surface area contributed by atoms with Crippen molar-refractivity contribution in [2.24, 2.45) is 0 Å². The summed E-state index contributed by atoms with van der Waals surface area (Å²) >= 11 is 0. The van der Waals surface area contributed by atoms with Gasteiger partial charge in [0.2, 0.25) is 0 Å². The molecule has 0 saturated carbocycles. The molecular formula is C15H23N3O2. The summed E-state index contributed by atoms with van der Waals surface area (Å²) in [6.07, 6.45) is 7.61. The molecule has 2 N–H and O–H groups in total. The summed E-state index contributed by atoms with van der Waals surface area (Å²) in [6.45, 7) is 2.45. The van der Waals surface area contributed by atoms with Crippen LogP contribution in [0.2, 0.25) is 0 Å². The van der Waals surface area contributed by atoms with Crippen LogP contribution < -0.4 is 10.6 Å². The van der Waals surface area contributed by atoms with Crippen molar-refractivity contribution >= 4 is 11.4 Å². The van der Waals surface area contributed by atoms with Crippen LogP contribution in [0.25, 0.3) is 0 Å². The first kappa shape index (κ1) is 13.6. The van der Waals surface area contributed by atoms with Gasteiger partial charge in [-0.15, -0.1) is 0 Å². The molecular weight excluding hydrogens is 254 g/mol. The summed E-state index contributed by atoms with van der Waals surface area (Å²) < 4.78 is 11.6. The predicted molar refractivity (Wildman–Crippen MR) is 78.8 cm³/mol. The Kier molecular flexibility index (Phi) is 3.81. The number of aromatic nitrogens is 1. The van der Waals surface area contributed by atoms with E-state index in [1.54, 1.807) is 12.4 Å². The van der Waals surface area contributed by atoms with Gasteiger partial charge in [0.05, 0.1) is 23.2 Å². The molecule has 110 valence electrons. The highest BCUT2D eigenvalue weighted by molar-refractivity contribution is 5.66. The van der Waals surface area contributed by atoms with Crippen molar-refractivity contribution in [1.29, 1.82) is 0 Å². The highest BCUT2D eigenvalue weighted by atomic mass is 16.5. The molecule has 1 spiro atoms. The largest absolute Gasteiger partial charge is 0.396 e. The Morgan fingerprint density at radius 3 is 2.90 bits per heavy atom. The van der Waals surface area contributed by atoms with E-state index in [0.29, 0.717) is 6.04 Å². The van der Waals surface area contributed by atoms with Crippen molar-refractivity contribution in [2.45, 2.75) is 37.3 Å². The van der Waals surface area contributed by atoms with Gasteiger partial charge in [0.25, 0.3) is 0 Å². The van der Waals surface area contributed by atoms with E-state index in [-0.39, 0.29) is 5.60 Å². The molecule has 0 bridgehead atoms. The first-order chi connectivity index (χ1) is 9.70. The predicted octanol–water partition coefficient (Wildman–Crippen LogP) is 1.83. The normalized spacial score (nSPS) is 25.6. The van der Waals surface area contributed by atoms with Gasteiger partial charge >= 0.3 is 0 Å². The second kappa shape index (κ2) is 5.58. The van der Waals surface area contributed by atoms with E-state index in [2.05, 4.69) is 16.9 Å². The molecule has 1 aromatic rings. The third-order valence-corrected chi connectivity index (χ3v) is 4.63. The summed E-state index contributed by atoms with van der Waals surface area (Å²) in [5.41, 5.74) is 7.86. The van der Waals surface area contributed by atoms with Crippen LogP contribution in [0.3, 0.4) is 0 Å².